The van der Waals surface area contributed by atoms with E-state index in [0.29, 0.717) is 13.1 Å². The maximum absolute atomic E-state index is 13.5. The summed E-state index contributed by atoms with van der Waals surface area (Å²) < 4.78 is 13.5. The van der Waals surface area contributed by atoms with E-state index in [-0.39, 0.29) is 17.8 Å². The topological polar surface area (TPSA) is 32.3 Å². The molecule has 1 aromatic carbocycles. The lowest BCUT2D eigenvalue weighted by Crippen LogP contribution is -2.48. The molecule has 3 rings (SSSR count). The van der Waals surface area contributed by atoms with Crippen LogP contribution in [0.25, 0.3) is 0 Å². The van der Waals surface area contributed by atoms with E-state index in [2.05, 4.69) is 5.32 Å². The normalized spacial score (nSPS) is 18.8. The van der Waals surface area contributed by atoms with E-state index < -0.39 is 0 Å². The quantitative estimate of drug-likeness (QED) is 0.925. The predicted molar refractivity (Wildman–Crippen MR) is 82.1 cm³/mol. The second kappa shape index (κ2) is 5.95. The van der Waals surface area contributed by atoms with Crippen molar-refractivity contribution in [2.75, 3.05) is 19.6 Å². The van der Waals surface area contributed by atoms with Gasteiger partial charge in [-0.25, -0.2) is 4.39 Å². The molecule has 110 valence electrons. The molecule has 2 heterocycles. The number of hydrogen-bond acceptors (Lipinski definition) is 3. The molecule has 1 aliphatic heterocycles. The van der Waals surface area contributed by atoms with Crippen molar-refractivity contribution in [3.8, 4) is 0 Å². The molecule has 0 spiro atoms. The van der Waals surface area contributed by atoms with Crippen LogP contribution in [0.1, 0.15) is 26.8 Å². The Morgan fingerprint density at radius 1 is 1.43 bits per heavy atom. The number of thiophene rings is 1. The lowest BCUT2D eigenvalue weighted by atomic mass is 10.0. The number of nitrogens with zero attached hydrogens (tertiary/aromatic N) is 1. The largest absolute Gasteiger partial charge is 0.328 e. The zero-order chi connectivity index (χ0) is 14.8. The zero-order valence-electron chi connectivity index (χ0n) is 11.8. The number of hydrogen-bond donors (Lipinski definition) is 1. The van der Waals surface area contributed by atoms with Crippen LogP contribution in [0.5, 0.6) is 0 Å². The Hall–Kier alpha value is -1.72. The number of piperazine rings is 1. The van der Waals surface area contributed by atoms with Crippen LogP contribution < -0.4 is 5.32 Å². The van der Waals surface area contributed by atoms with Gasteiger partial charge < -0.3 is 10.2 Å². The number of aryl methyl sites for hydroxylation is 1. The number of carbonyl (C=O) groups is 1. The maximum Gasteiger partial charge on any atom is 0.264 e. The average molecular weight is 304 g/mol. The fourth-order valence-electron chi connectivity index (χ4n) is 2.68. The Labute approximate surface area is 127 Å². The molecule has 0 saturated carbocycles. The van der Waals surface area contributed by atoms with Crippen LogP contribution in [0.2, 0.25) is 0 Å². The summed E-state index contributed by atoms with van der Waals surface area (Å²) in [6.45, 7) is 4.00. The van der Waals surface area contributed by atoms with Gasteiger partial charge in [0, 0.05) is 19.6 Å². The van der Waals surface area contributed by atoms with Gasteiger partial charge >= 0.3 is 0 Å². The minimum absolute atomic E-state index is 0.0401. The van der Waals surface area contributed by atoms with E-state index in [9.17, 15) is 9.18 Å². The number of nitrogens with one attached hydrogen (secondary N) is 1. The third kappa shape index (κ3) is 2.84. The monoisotopic (exact) mass is 304 g/mol. The Balaban J connectivity index is 1.92. The van der Waals surface area contributed by atoms with Crippen molar-refractivity contribution < 1.29 is 9.18 Å². The SMILES string of the molecule is Cc1ccsc1C(=O)N1CCNCC1c1cccc(F)c1. The summed E-state index contributed by atoms with van der Waals surface area (Å²) in [5.74, 6) is -0.226. The average Bonchev–Trinajstić information content (AvgIpc) is 2.93. The molecule has 0 aliphatic carbocycles. The van der Waals surface area contributed by atoms with Crippen LogP contribution in [-0.2, 0) is 0 Å². The van der Waals surface area contributed by atoms with Crippen LogP contribution >= 0.6 is 11.3 Å². The summed E-state index contributed by atoms with van der Waals surface area (Å²) >= 11 is 1.47. The predicted octanol–water partition coefficient (Wildman–Crippen LogP) is 2.98. The number of carbonyl (C=O) groups excluding carboxylic acids is 1. The molecule has 1 unspecified atom stereocenters. The van der Waals surface area contributed by atoms with Crippen LogP contribution in [0.4, 0.5) is 4.39 Å². The second-order valence-electron chi connectivity index (χ2n) is 5.21. The highest BCUT2D eigenvalue weighted by Gasteiger charge is 2.29. The molecule has 1 fully saturated rings. The first kappa shape index (κ1) is 14.2. The maximum atomic E-state index is 13.5. The highest BCUT2D eigenvalue weighted by Crippen LogP contribution is 2.27. The van der Waals surface area contributed by atoms with Gasteiger partial charge in [0.05, 0.1) is 10.9 Å². The van der Waals surface area contributed by atoms with Crippen LogP contribution in [0.15, 0.2) is 35.7 Å². The van der Waals surface area contributed by atoms with Crippen molar-refractivity contribution in [2.45, 2.75) is 13.0 Å². The minimum Gasteiger partial charge on any atom is -0.328 e. The molecular weight excluding hydrogens is 287 g/mol. The molecule has 1 N–H and O–H groups in total. The van der Waals surface area contributed by atoms with Crippen molar-refractivity contribution in [2.24, 2.45) is 0 Å². The van der Waals surface area contributed by atoms with Gasteiger partial charge in [-0.1, -0.05) is 12.1 Å². The summed E-state index contributed by atoms with van der Waals surface area (Å²) in [6.07, 6.45) is 0. The molecule has 21 heavy (non-hydrogen) atoms. The van der Waals surface area contributed by atoms with Crippen LogP contribution in [0.3, 0.4) is 0 Å². The van der Waals surface area contributed by atoms with Gasteiger partial charge in [-0.2, -0.15) is 0 Å². The fraction of sp³-hybridized carbons (Fsp3) is 0.312. The summed E-state index contributed by atoms with van der Waals surface area (Å²) in [6, 6.07) is 8.34. The molecular formula is C16H17FN2OS. The molecule has 1 aliphatic rings. The van der Waals surface area contributed by atoms with Gasteiger partial charge in [0.25, 0.3) is 5.91 Å². The Bertz CT molecular complexity index is 655. The van der Waals surface area contributed by atoms with Crippen LogP contribution in [-0.4, -0.2) is 30.4 Å². The molecule has 5 heteroatoms. The zero-order valence-corrected chi connectivity index (χ0v) is 12.6. The fourth-order valence-corrected chi connectivity index (χ4v) is 3.56. The van der Waals surface area contributed by atoms with Crippen molar-refractivity contribution in [3.63, 3.8) is 0 Å². The first-order valence-corrected chi connectivity index (χ1v) is 7.86. The number of halogens is 1. The molecule has 0 radical (unpaired) electrons. The minimum atomic E-state index is -0.266. The van der Waals surface area contributed by atoms with E-state index in [1.54, 1.807) is 6.07 Å². The highest BCUT2D eigenvalue weighted by atomic mass is 32.1. The number of rotatable bonds is 2. The van der Waals surface area contributed by atoms with Gasteiger partial charge in [0.15, 0.2) is 0 Å². The van der Waals surface area contributed by atoms with E-state index in [4.69, 9.17) is 0 Å². The van der Waals surface area contributed by atoms with Crippen molar-refractivity contribution >= 4 is 17.2 Å². The van der Waals surface area contributed by atoms with Crippen molar-refractivity contribution in [1.29, 1.82) is 0 Å². The standard InChI is InChI=1S/C16H17FN2OS/c1-11-5-8-21-15(11)16(20)19-7-6-18-10-14(19)12-3-2-4-13(17)9-12/h2-5,8-9,14,18H,6-7,10H2,1H3. The molecule has 1 atom stereocenters. The first-order chi connectivity index (χ1) is 10.2. The highest BCUT2D eigenvalue weighted by molar-refractivity contribution is 7.12. The van der Waals surface area contributed by atoms with Gasteiger partial charge in [-0.15, -0.1) is 11.3 Å². The summed E-state index contributed by atoms with van der Waals surface area (Å²) in [5, 5.41) is 5.22. The van der Waals surface area contributed by atoms with Gasteiger partial charge in [0.2, 0.25) is 0 Å². The number of benzene rings is 1. The molecule has 3 nitrogen and oxygen atoms in total. The van der Waals surface area contributed by atoms with E-state index >= 15 is 0 Å². The van der Waals surface area contributed by atoms with E-state index in [1.807, 2.05) is 29.3 Å². The molecule has 0 bridgehead atoms. The van der Waals surface area contributed by atoms with Crippen LogP contribution in [0, 0.1) is 12.7 Å². The summed E-state index contributed by atoms with van der Waals surface area (Å²) in [5.41, 5.74) is 1.84. The molecule has 1 amide bonds. The number of amides is 1. The summed E-state index contributed by atoms with van der Waals surface area (Å²) in [4.78, 5) is 15.4. The molecule has 1 saturated heterocycles. The third-order valence-electron chi connectivity index (χ3n) is 3.79. The van der Waals surface area contributed by atoms with Crippen molar-refractivity contribution in [1.82, 2.24) is 10.2 Å². The second-order valence-corrected chi connectivity index (χ2v) is 6.12. The Morgan fingerprint density at radius 2 is 2.29 bits per heavy atom. The first-order valence-electron chi connectivity index (χ1n) is 6.98. The van der Waals surface area contributed by atoms with E-state index in [1.165, 1.54) is 23.5 Å². The Morgan fingerprint density at radius 3 is 3.00 bits per heavy atom. The Kier molecular flexibility index (Phi) is 4.03. The smallest absolute Gasteiger partial charge is 0.264 e. The lowest BCUT2D eigenvalue weighted by molar-refractivity contribution is 0.0638. The van der Waals surface area contributed by atoms with Gasteiger partial charge in [0.1, 0.15) is 5.82 Å². The van der Waals surface area contributed by atoms with Gasteiger partial charge in [-0.3, -0.25) is 4.79 Å². The summed E-state index contributed by atoms with van der Waals surface area (Å²) in [7, 11) is 0. The lowest BCUT2D eigenvalue weighted by Gasteiger charge is -2.36. The van der Waals surface area contributed by atoms with E-state index in [0.717, 1.165) is 22.5 Å². The van der Waals surface area contributed by atoms with Gasteiger partial charge in [-0.05, 0) is 41.6 Å². The molecule has 2 aromatic rings. The van der Waals surface area contributed by atoms with Crippen molar-refractivity contribution in [3.05, 3.63) is 57.5 Å². The third-order valence-corrected chi connectivity index (χ3v) is 4.80. The molecule has 1 aromatic heterocycles.